The van der Waals surface area contributed by atoms with Gasteiger partial charge in [0, 0.05) is 17.7 Å². The molecule has 0 bridgehead atoms. The molecule has 0 aliphatic carbocycles. The smallest absolute Gasteiger partial charge is 0.149 e. The lowest BCUT2D eigenvalue weighted by Gasteiger charge is -2.11. The van der Waals surface area contributed by atoms with E-state index in [-0.39, 0.29) is 11.3 Å². The van der Waals surface area contributed by atoms with Crippen molar-refractivity contribution in [2.75, 3.05) is 20.0 Å². The molecule has 0 aromatic heterocycles. The first-order valence-electron chi connectivity index (χ1n) is 5.53. The maximum absolute atomic E-state index is 13.5. The molecule has 5 heteroatoms. The number of nitrogens with two attached hydrogens (primary N) is 1. The van der Waals surface area contributed by atoms with Crippen molar-refractivity contribution < 1.29 is 18.3 Å². The molecular weight excluding hydrogens is 252 g/mol. The van der Waals surface area contributed by atoms with E-state index in [2.05, 4.69) is 0 Å². The third kappa shape index (κ3) is 2.59. The van der Waals surface area contributed by atoms with E-state index in [4.69, 9.17) is 15.2 Å². The molecule has 100 valence electrons. The Balaban J connectivity index is 2.64. The summed E-state index contributed by atoms with van der Waals surface area (Å²) in [7, 11) is 2.99. The minimum atomic E-state index is -0.795. The molecule has 3 nitrogen and oxygen atoms in total. The summed E-state index contributed by atoms with van der Waals surface area (Å²) in [4.78, 5) is 0. The van der Waals surface area contributed by atoms with Crippen LogP contribution in [0.3, 0.4) is 0 Å². The Hall–Kier alpha value is -2.30. The standard InChI is InChI=1S/C14H13F2NO2/c1-18-10-3-8(4-11(7-10)19-2)12-5-9(15)6-13(16)14(12)17/h3-7H,17H2,1-2H3. The maximum Gasteiger partial charge on any atom is 0.149 e. The molecule has 0 spiro atoms. The molecule has 0 heterocycles. The lowest BCUT2D eigenvalue weighted by molar-refractivity contribution is 0.394. The van der Waals surface area contributed by atoms with E-state index in [9.17, 15) is 8.78 Å². The fourth-order valence-electron chi connectivity index (χ4n) is 1.79. The average Bonchev–Trinajstić information content (AvgIpc) is 2.42. The molecule has 0 aliphatic heterocycles. The quantitative estimate of drug-likeness (QED) is 0.866. The number of rotatable bonds is 3. The van der Waals surface area contributed by atoms with E-state index in [0.717, 1.165) is 6.07 Å². The van der Waals surface area contributed by atoms with Gasteiger partial charge in [0.25, 0.3) is 0 Å². The van der Waals surface area contributed by atoms with Crippen LogP contribution in [0.4, 0.5) is 14.5 Å². The molecule has 2 aromatic rings. The number of halogens is 2. The number of benzene rings is 2. The van der Waals surface area contributed by atoms with Gasteiger partial charge in [-0.15, -0.1) is 0 Å². The maximum atomic E-state index is 13.5. The Morgan fingerprint density at radius 3 is 2.00 bits per heavy atom. The molecule has 2 rings (SSSR count). The van der Waals surface area contributed by atoms with Gasteiger partial charge in [-0.25, -0.2) is 8.78 Å². The summed E-state index contributed by atoms with van der Waals surface area (Å²) < 4.78 is 37.0. The van der Waals surface area contributed by atoms with E-state index >= 15 is 0 Å². The van der Waals surface area contributed by atoms with Crippen LogP contribution < -0.4 is 15.2 Å². The van der Waals surface area contributed by atoms with Crippen molar-refractivity contribution in [2.45, 2.75) is 0 Å². The molecule has 0 amide bonds. The van der Waals surface area contributed by atoms with Crippen LogP contribution in [0.1, 0.15) is 0 Å². The van der Waals surface area contributed by atoms with E-state index in [1.165, 1.54) is 20.3 Å². The topological polar surface area (TPSA) is 44.5 Å². The third-order valence-electron chi connectivity index (χ3n) is 2.76. The first-order valence-corrected chi connectivity index (χ1v) is 5.53. The van der Waals surface area contributed by atoms with Gasteiger partial charge in [-0.2, -0.15) is 0 Å². The minimum Gasteiger partial charge on any atom is -0.497 e. The molecule has 2 aromatic carbocycles. The summed E-state index contributed by atoms with van der Waals surface area (Å²) in [6, 6.07) is 6.85. The van der Waals surface area contributed by atoms with Crippen molar-refractivity contribution in [3.8, 4) is 22.6 Å². The number of anilines is 1. The van der Waals surface area contributed by atoms with Gasteiger partial charge in [0.1, 0.15) is 23.1 Å². The number of hydrogen-bond donors (Lipinski definition) is 1. The fourth-order valence-corrected chi connectivity index (χ4v) is 1.79. The normalized spacial score (nSPS) is 10.3. The van der Waals surface area contributed by atoms with Crippen LogP contribution in [0.5, 0.6) is 11.5 Å². The highest BCUT2D eigenvalue weighted by Crippen LogP contribution is 2.34. The van der Waals surface area contributed by atoms with E-state index in [1.807, 2.05) is 0 Å². The summed E-state index contributed by atoms with van der Waals surface area (Å²) in [6.07, 6.45) is 0. The van der Waals surface area contributed by atoms with E-state index in [1.54, 1.807) is 18.2 Å². The SMILES string of the molecule is COc1cc(OC)cc(-c2cc(F)cc(F)c2N)c1. The second-order valence-electron chi connectivity index (χ2n) is 3.95. The van der Waals surface area contributed by atoms with Crippen molar-refractivity contribution >= 4 is 5.69 Å². The van der Waals surface area contributed by atoms with E-state index < -0.39 is 11.6 Å². The Morgan fingerprint density at radius 1 is 0.895 bits per heavy atom. The van der Waals surface area contributed by atoms with E-state index in [0.29, 0.717) is 17.1 Å². The lowest BCUT2D eigenvalue weighted by Crippen LogP contribution is -1.97. The zero-order valence-electron chi connectivity index (χ0n) is 10.5. The second-order valence-corrected chi connectivity index (χ2v) is 3.95. The van der Waals surface area contributed by atoms with Gasteiger partial charge in [0.2, 0.25) is 0 Å². The highest BCUT2D eigenvalue weighted by Gasteiger charge is 2.12. The largest absolute Gasteiger partial charge is 0.497 e. The Kier molecular flexibility index (Phi) is 3.55. The number of ether oxygens (including phenoxy) is 2. The second kappa shape index (κ2) is 5.14. The molecular formula is C14H13F2NO2. The fraction of sp³-hybridized carbons (Fsp3) is 0.143. The van der Waals surface area contributed by atoms with Gasteiger partial charge < -0.3 is 15.2 Å². The molecule has 0 aliphatic rings. The first kappa shape index (κ1) is 13.1. The zero-order valence-corrected chi connectivity index (χ0v) is 10.5. The van der Waals surface area contributed by atoms with Gasteiger partial charge >= 0.3 is 0 Å². The molecule has 19 heavy (non-hydrogen) atoms. The highest BCUT2D eigenvalue weighted by atomic mass is 19.1. The van der Waals surface area contributed by atoms with Crippen LogP contribution in [0.15, 0.2) is 30.3 Å². The van der Waals surface area contributed by atoms with Gasteiger partial charge in [-0.1, -0.05) is 0 Å². The van der Waals surface area contributed by atoms with Gasteiger partial charge in [-0.3, -0.25) is 0 Å². The van der Waals surface area contributed by atoms with Crippen LogP contribution in [-0.2, 0) is 0 Å². The summed E-state index contributed by atoms with van der Waals surface area (Å²) in [5, 5.41) is 0. The van der Waals surface area contributed by atoms with Crippen molar-refractivity contribution in [1.29, 1.82) is 0 Å². The molecule has 0 radical (unpaired) electrons. The van der Waals surface area contributed by atoms with Crippen LogP contribution in [0.25, 0.3) is 11.1 Å². The predicted octanol–water partition coefficient (Wildman–Crippen LogP) is 3.23. The Bertz CT molecular complexity index is 592. The minimum absolute atomic E-state index is 0.114. The van der Waals surface area contributed by atoms with Gasteiger partial charge in [-0.05, 0) is 23.8 Å². The summed E-state index contributed by atoms with van der Waals surface area (Å²) in [5.74, 6) is -0.461. The third-order valence-corrected chi connectivity index (χ3v) is 2.76. The molecule has 0 saturated carbocycles. The summed E-state index contributed by atoms with van der Waals surface area (Å²) >= 11 is 0. The summed E-state index contributed by atoms with van der Waals surface area (Å²) in [5.41, 5.74) is 6.31. The number of methoxy groups -OCH3 is 2. The van der Waals surface area contributed by atoms with Crippen LogP contribution in [0.2, 0.25) is 0 Å². The van der Waals surface area contributed by atoms with Crippen molar-refractivity contribution in [2.24, 2.45) is 0 Å². The van der Waals surface area contributed by atoms with Crippen molar-refractivity contribution in [1.82, 2.24) is 0 Å². The number of nitrogen functional groups attached to an aromatic ring is 1. The molecule has 0 atom stereocenters. The highest BCUT2D eigenvalue weighted by molar-refractivity contribution is 5.78. The van der Waals surface area contributed by atoms with Gasteiger partial charge in [0.05, 0.1) is 19.9 Å². The Labute approximate surface area is 109 Å². The average molecular weight is 265 g/mol. The molecule has 0 unspecified atom stereocenters. The zero-order chi connectivity index (χ0) is 14.0. The molecule has 2 N–H and O–H groups in total. The Morgan fingerprint density at radius 2 is 1.47 bits per heavy atom. The van der Waals surface area contributed by atoms with Crippen LogP contribution in [0, 0.1) is 11.6 Å². The van der Waals surface area contributed by atoms with Gasteiger partial charge in [0.15, 0.2) is 0 Å². The van der Waals surface area contributed by atoms with Crippen LogP contribution >= 0.6 is 0 Å². The summed E-state index contributed by atoms with van der Waals surface area (Å²) in [6.45, 7) is 0. The monoisotopic (exact) mass is 265 g/mol. The number of hydrogen-bond acceptors (Lipinski definition) is 3. The van der Waals surface area contributed by atoms with Crippen LogP contribution in [-0.4, -0.2) is 14.2 Å². The van der Waals surface area contributed by atoms with Crippen molar-refractivity contribution in [3.05, 3.63) is 42.0 Å². The molecule has 0 saturated heterocycles. The first-order chi connectivity index (χ1) is 9.05. The predicted molar refractivity (Wildman–Crippen MR) is 69.3 cm³/mol. The lowest BCUT2D eigenvalue weighted by atomic mass is 10.0. The molecule has 0 fully saturated rings. The van der Waals surface area contributed by atoms with Crippen molar-refractivity contribution in [3.63, 3.8) is 0 Å².